The smallest absolute Gasteiger partial charge is 0.418 e. The zero-order valence-electron chi connectivity index (χ0n) is 15.9. The van der Waals surface area contributed by atoms with Gasteiger partial charge in [0.05, 0.1) is 6.61 Å². The first-order valence-electron chi connectivity index (χ1n) is 9.47. The summed E-state index contributed by atoms with van der Waals surface area (Å²) in [6, 6.07) is -1.31. The van der Waals surface area contributed by atoms with Crippen molar-refractivity contribution in [1.29, 1.82) is 0 Å². The van der Waals surface area contributed by atoms with Gasteiger partial charge < -0.3 is 14.6 Å². The van der Waals surface area contributed by atoms with Crippen LogP contribution in [0, 0.1) is 0 Å². The van der Waals surface area contributed by atoms with Gasteiger partial charge in [0, 0.05) is 0 Å². The SMILES string of the molecule is C=CCCCCCC(C(=O)OCC)N(C(=O)OC1CCCC1)C(=O)C(=O)O. The molecular formula is C19H29NO7. The van der Waals surface area contributed by atoms with Crippen LogP contribution in [-0.4, -0.2) is 52.7 Å². The molecular weight excluding hydrogens is 354 g/mol. The van der Waals surface area contributed by atoms with E-state index < -0.39 is 30.0 Å². The third-order valence-electron chi connectivity index (χ3n) is 4.42. The molecule has 0 aliphatic heterocycles. The first-order chi connectivity index (χ1) is 12.9. The molecule has 8 nitrogen and oxygen atoms in total. The predicted octanol–water partition coefficient (Wildman–Crippen LogP) is 3.05. The van der Waals surface area contributed by atoms with Crippen LogP contribution < -0.4 is 0 Å². The van der Waals surface area contributed by atoms with Gasteiger partial charge in [0.15, 0.2) is 0 Å². The topological polar surface area (TPSA) is 110 Å². The van der Waals surface area contributed by atoms with Crippen molar-refractivity contribution in [2.75, 3.05) is 6.61 Å². The van der Waals surface area contributed by atoms with Crippen LogP contribution in [-0.2, 0) is 23.9 Å². The zero-order chi connectivity index (χ0) is 20.2. The van der Waals surface area contributed by atoms with Crippen LogP contribution in [0.1, 0.15) is 64.7 Å². The molecule has 27 heavy (non-hydrogen) atoms. The third kappa shape index (κ3) is 7.40. The molecule has 0 saturated heterocycles. The maximum atomic E-state index is 12.5. The van der Waals surface area contributed by atoms with E-state index in [9.17, 15) is 19.2 Å². The Labute approximate surface area is 159 Å². The van der Waals surface area contributed by atoms with Crippen molar-refractivity contribution >= 4 is 23.9 Å². The molecule has 0 heterocycles. The fourth-order valence-corrected chi connectivity index (χ4v) is 3.05. The van der Waals surface area contributed by atoms with Crippen LogP contribution in [0.15, 0.2) is 12.7 Å². The van der Waals surface area contributed by atoms with E-state index in [-0.39, 0.29) is 19.1 Å². The zero-order valence-corrected chi connectivity index (χ0v) is 15.9. The van der Waals surface area contributed by atoms with Gasteiger partial charge in [0.2, 0.25) is 0 Å². The second kappa shape index (κ2) is 12.1. The number of unbranched alkanes of at least 4 members (excludes halogenated alkanes) is 3. The molecule has 0 radical (unpaired) electrons. The van der Waals surface area contributed by atoms with Crippen molar-refractivity contribution in [3.05, 3.63) is 12.7 Å². The highest BCUT2D eigenvalue weighted by atomic mass is 16.6. The Morgan fingerprint density at radius 3 is 2.41 bits per heavy atom. The van der Waals surface area contributed by atoms with Crippen molar-refractivity contribution in [3.8, 4) is 0 Å². The highest BCUT2D eigenvalue weighted by Crippen LogP contribution is 2.23. The summed E-state index contributed by atoms with van der Waals surface area (Å²) < 4.78 is 10.2. The Morgan fingerprint density at radius 1 is 1.19 bits per heavy atom. The molecule has 1 unspecified atom stereocenters. The van der Waals surface area contributed by atoms with Gasteiger partial charge in [-0.1, -0.05) is 18.9 Å². The quantitative estimate of drug-likeness (QED) is 0.267. The average molecular weight is 383 g/mol. The first-order valence-corrected chi connectivity index (χ1v) is 9.47. The van der Waals surface area contributed by atoms with Crippen molar-refractivity contribution in [2.45, 2.75) is 76.9 Å². The largest absolute Gasteiger partial charge is 0.474 e. The fraction of sp³-hybridized carbons (Fsp3) is 0.684. The number of rotatable bonds is 10. The summed E-state index contributed by atoms with van der Waals surface area (Å²) >= 11 is 0. The standard InChI is InChI=1S/C19H29NO7/c1-3-5-6-7-8-13-15(18(24)26-4-2)20(16(21)17(22)23)19(25)27-14-11-9-10-12-14/h3,14-15H,1,4-13H2,2H3,(H,22,23). The molecule has 0 bridgehead atoms. The average Bonchev–Trinajstić information content (AvgIpc) is 3.13. The molecule has 1 saturated carbocycles. The number of carboxylic acids is 1. The second-order valence-electron chi connectivity index (χ2n) is 6.47. The summed E-state index contributed by atoms with van der Waals surface area (Å²) in [4.78, 5) is 48.6. The van der Waals surface area contributed by atoms with Crippen LogP contribution in [0.5, 0.6) is 0 Å². The van der Waals surface area contributed by atoms with E-state index in [1.165, 1.54) is 0 Å². The maximum absolute atomic E-state index is 12.5. The lowest BCUT2D eigenvalue weighted by Gasteiger charge is -2.27. The van der Waals surface area contributed by atoms with Crippen LogP contribution >= 0.6 is 0 Å². The summed E-state index contributed by atoms with van der Waals surface area (Å²) in [5.41, 5.74) is 0. The van der Waals surface area contributed by atoms with Crippen molar-refractivity contribution in [1.82, 2.24) is 4.90 Å². The van der Waals surface area contributed by atoms with Crippen LogP contribution in [0.4, 0.5) is 4.79 Å². The fourth-order valence-electron chi connectivity index (χ4n) is 3.05. The van der Waals surface area contributed by atoms with Gasteiger partial charge in [-0.3, -0.25) is 4.79 Å². The van der Waals surface area contributed by atoms with Gasteiger partial charge in [-0.15, -0.1) is 6.58 Å². The summed E-state index contributed by atoms with van der Waals surface area (Å²) in [6.45, 7) is 5.29. The number of ether oxygens (including phenoxy) is 2. The van der Waals surface area contributed by atoms with Crippen LogP contribution in [0.25, 0.3) is 0 Å². The number of aliphatic carboxylic acids is 1. The lowest BCUT2D eigenvalue weighted by molar-refractivity contribution is -0.161. The summed E-state index contributed by atoms with van der Waals surface area (Å²) in [5.74, 6) is -4.11. The Balaban J connectivity index is 2.93. The minimum atomic E-state index is -1.82. The first kappa shape index (κ1) is 22.7. The molecule has 1 rings (SSSR count). The van der Waals surface area contributed by atoms with Gasteiger partial charge in [0.1, 0.15) is 12.1 Å². The Hall–Kier alpha value is -2.38. The lowest BCUT2D eigenvalue weighted by Crippen LogP contribution is -2.52. The maximum Gasteiger partial charge on any atom is 0.418 e. The molecule has 152 valence electrons. The van der Waals surface area contributed by atoms with Gasteiger partial charge in [-0.25, -0.2) is 19.3 Å². The number of nitrogens with zero attached hydrogens (tertiary/aromatic N) is 1. The molecule has 2 amide bonds. The third-order valence-corrected chi connectivity index (χ3v) is 4.42. The number of allylic oxidation sites excluding steroid dienone is 1. The number of hydrogen-bond acceptors (Lipinski definition) is 6. The summed E-state index contributed by atoms with van der Waals surface area (Å²) in [5, 5.41) is 9.10. The molecule has 8 heteroatoms. The van der Waals surface area contributed by atoms with E-state index in [4.69, 9.17) is 14.6 Å². The highest BCUT2D eigenvalue weighted by molar-refractivity contribution is 6.34. The van der Waals surface area contributed by atoms with E-state index in [2.05, 4.69) is 6.58 Å². The van der Waals surface area contributed by atoms with E-state index in [0.717, 1.165) is 32.1 Å². The Morgan fingerprint density at radius 2 is 1.85 bits per heavy atom. The predicted molar refractivity (Wildman–Crippen MR) is 96.9 cm³/mol. The monoisotopic (exact) mass is 383 g/mol. The van der Waals surface area contributed by atoms with Gasteiger partial charge in [-0.05, 0) is 51.9 Å². The van der Waals surface area contributed by atoms with Crippen molar-refractivity contribution < 1.29 is 33.8 Å². The summed E-state index contributed by atoms with van der Waals surface area (Å²) in [6.07, 6.45) is 6.48. The highest BCUT2D eigenvalue weighted by Gasteiger charge is 2.40. The normalized spacial score (nSPS) is 15.0. The van der Waals surface area contributed by atoms with Crippen molar-refractivity contribution in [2.24, 2.45) is 0 Å². The molecule has 1 atom stereocenters. The van der Waals surface area contributed by atoms with Gasteiger partial charge in [-0.2, -0.15) is 0 Å². The molecule has 0 aromatic heterocycles. The second-order valence-corrected chi connectivity index (χ2v) is 6.47. The van der Waals surface area contributed by atoms with Crippen LogP contribution in [0.3, 0.4) is 0 Å². The number of imide groups is 1. The van der Waals surface area contributed by atoms with Crippen molar-refractivity contribution in [3.63, 3.8) is 0 Å². The van der Waals surface area contributed by atoms with Crippen LogP contribution in [0.2, 0.25) is 0 Å². The Bertz CT molecular complexity index is 540. The number of esters is 1. The van der Waals surface area contributed by atoms with E-state index in [0.29, 0.717) is 24.2 Å². The molecule has 0 aromatic rings. The number of amides is 2. The molecule has 1 aliphatic carbocycles. The van der Waals surface area contributed by atoms with E-state index >= 15 is 0 Å². The van der Waals surface area contributed by atoms with E-state index in [1.807, 2.05) is 0 Å². The lowest BCUT2D eigenvalue weighted by atomic mass is 10.1. The molecule has 1 fully saturated rings. The van der Waals surface area contributed by atoms with Gasteiger partial charge >= 0.3 is 23.9 Å². The molecule has 0 spiro atoms. The summed E-state index contributed by atoms with van der Waals surface area (Å²) in [7, 11) is 0. The Kier molecular flexibility index (Phi) is 10.1. The number of carbonyl (C=O) groups is 4. The molecule has 0 aromatic carbocycles. The number of carbonyl (C=O) groups excluding carboxylic acids is 3. The molecule has 1 aliphatic rings. The molecule has 1 N–H and O–H groups in total. The van der Waals surface area contributed by atoms with E-state index in [1.54, 1.807) is 13.0 Å². The minimum Gasteiger partial charge on any atom is -0.474 e. The number of carboxylic acid groups (broad SMARTS) is 1. The number of hydrogen-bond donors (Lipinski definition) is 1. The minimum absolute atomic E-state index is 0.0541. The van der Waals surface area contributed by atoms with Gasteiger partial charge in [0.25, 0.3) is 0 Å².